The standard InChI is InChI=1S/C11H17ClN2O4S2/c1-8-13-11(20(12,17)18)7-14(8)9-4-3-5-10(6-9)19(2,15)16/h7,9-10H,3-6H2,1-2H3. The van der Waals surface area contributed by atoms with Crippen LogP contribution in [0.15, 0.2) is 11.2 Å². The van der Waals surface area contributed by atoms with Gasteiger partial charge in [-0.05, 0) is 26.2 Å². The van der Waals surface area contributed by atoms with Crippen molar-refractivity contribution < 1.29 is 16.8 Å². The van der Waals surface area contributed by atoms with Gasteiger partial charge in [0, 0.05) is 29.2 Å². The van der Waals surface area contributed by atoms with Crippen molar-refractivity contribution in [2.24, 2.45) is 0 Å². The van der Waals surface area contributed by atoms with Gasteiger partial charge in [0.25, 0.3) is 9.05 Å². The van der Waals surface area contributed by atoms with Crippen molar-refractivity contribution in [2.75, 3.05) is 6.26 Å². The molecule has 0 aliphatic heterocycles. The molecule has 0 saturated heterocycles. The number of halogens is 1. The first-order valence-electron chi connectivity index (χ1n) is 6.28. The van der Waals surface area contributed by atoms with Crippen molar-refractivity contribution in [2.45, 2.75) is 48.9 Å². The molecule has 0 N–H and O–H groups in total. The summed E-state index contributed by atoms with van der Waals surface area (Å²) in [4.78, 5) is 3.94. The van der Waals surface area contributed by atoms with Crippen LogP contribution in [0.25, 0.3) is 0 Å². The maximum absolute atomic E-state index is 11.7. The molecule has 1 aromatic rings. The van der Waals surface area contributed by atoms with Gasteiger partial charge in [-0.25, -0.2) is 21.8 Å². The third-order valence-electron chi connectivity index (χ3n) is 3.74. The van der Waals surface area contributed by atoms with Gasteiger partial charge in [-0.3, -0.25) is 0 Å². The number of hydrogen-bond acceptors (Lipinski definition) is 5. The first-order valence-corrected chi connectivity index (χ1v) is 10.5. The van der Waals surface area contributed by atoms with Crippen molar-refractivity contribution >= 4 is 29.6 Å². The van der Waals surface area contributed by atoms with Crippen molar-refractivity contribution in [3.63, 3.8) is 0 Å². The summed E-state index contributed by atoms with van der Waals surface area (Å²) in [6.45, 7) is 1.69. The summed E-state index contributed by atoms with van der Waals surface area (Å²) in [5.74, 6) is 0.531. The van der Waals surface area contributed by atoms with E-state index in [4.69, 9.17) is 10.7 Å². The number of hydrogen-bond donors (Lipinski definition) is 0. The van der Waals surface area contributed by atoms with Crippen LogP contribution in [-0.4, -0.2) is 37.9 Å². The van der Waals surface area contributed by atoms with Crippen molar-refractivity contribution in [3.05, 3.63) is 12.0 Å². The van der Waals surface area contributed by atoms with E-state index >= 15 is 0 Å². The molecule has 1 aromatic heterocycles. The molecule has 0 bridgehead atoms. The Morgan fingerprint density at radius 2 is 1.95 bits per heavy atom. The van der Waals surface area contributed by atoms with Gasteiger partial charge >= 0.3 is 0 Å². The second kappa shape index (κ2) is 5.31. The van der Waals surface area contributed by atoms with Crippen LogP contribution in [0, 0.1) is 6.92 Å². The summed E-state index contributed by atoms with van der Waals surface area (Å²) < 4.78 is 47.7. The molecule has 114 valence electrons. The third-order valence-corrected chi connectivity index (χ3v) is 6.55. The zero-order valence-corrected chi connectivity index (χ0v) is 13.7. The van der Waals surface area contributed by atoms with Crippen LogP contribution in [0.2, 0.25) is 0 Å². The molecule has 1 aliphatic rings. The summed E-state index contributed by atoms with van der Waals surface area (Å²) in [7, 11) is -1.66. The van der Waals surface area contributed by atoms with Crippen LogP contribution in [0.3, 0.4) is 0 Å². The van der Waals surface area contributed by atoms with E-state index in [1.807, 2.05) is 0 Å². The molecule has 6 nitrogen and oxygen atoms in total. The summed E-state index contributed by atoms with van der Waals surface area (Å²) in [6.07, 6.45) is 5.39. The highest BCUT2D eigenvalue weighted by Gasteiger charge is 2.31. The first kappa shape index (κ1) is 15.8. The Morgan fingerprint density at radius 3 is 2.45 bits per heavy atom. The summed E-state index contributed by atoms with van der Waals surface area (Å²) in [5, 5.41) is -0.558. The van der Waals surface area contributed by atoms with Crippen molar-refractivity contribution in [1.82, 2.24) is 9.55 Å². The topological polar surface area (TPSA) is 86.1 Å². The largest absolute Gasteiger partial charge is 0.331 e. The number of aromatic nitrogens is 2. The fraction of sp³-hybridized carbons (Fsp3) is 0.727. The van der Waals surface area contributed by atoms with Gasteiger partial charge in [-0.2, -0.15) is 0 Å². The zero-order chi connectivity index (χ0) is 15.1. The minimum atomic E-state index is -3.86. The number of nitrogens with zero attached hydrogens (tertiary/aromatic N) is 2. The van der Waals surface area contributed by atoms with E-state index in [0.717, 1.165) is 12.8 Å². The maximum atomic E-state index is 11.7. The Labute approximate surface area is 123 Å². The Balaban J connectivity index is 2.30. The molecule has 2 unspecified atom stereocenters. The number of aryl methyl sites for hydroxylation is 1. The predicted octanol–water partition coefficient (Wildman–Crippen LogP) is 1.65. The highest BCUT2D eigenvalue weighted by molar-refractivity contribution is 8.13. The van der Waals surface area contributed by atoms with E-state index in [0.29, 0.717) is 18.7 Å². The van der Waals surface area contributed by atoms with Gasteiger partial charge in [-0.1, -0.05) is 6.42 Å². The lowest BCUT2D eigenvalue weighted by molar-refractivity contribution is 0.347. The lowest BCUT2D eigenvalue weighted by Gasteiger charge is -2.29. The monoisotopic (exact) mass is 340 g/mol. The number of rotatable bonds is 3. The van der Waals surface area contributed by atoms with E-state index in [2.05, 4.69) is 4.98 Å². The third kappa shape index (κ3) is 3.35. The molecule has 20 heavy (non-hydrogen) atoms. The fourth-order valence-corrected chi connectivity index (χ4v) is 4.58. The minimum Gasteiger partial charge on any atom is -0.331 e. The highest BCUT2D eigenvalue weighted by Crippen LogP contribution is 2.33. The van der Waals surface area contributed by atoms with Crippen LogP contribution in [0.4, 0.5) is 0 Å². The van der Waals surface area contributed by atoms with Gasteiger partial charge in [0.05, 0.1) is 5.25 Å². The lowest BCUT2D eigenvalue weighted by Crippen LogP contribution is -2.29. The second-order valence-electron chi connectivity index (χ2n) is 5.24. The first-order chi connectivity index (χ1) is 9.09. The normalized spacial score (nSPS) is 24.8. The molecular formula is C11H17ClN2O4S2. The molecule has 1 saturated carbocycles. The summed E-state index contributed by atoms with van der Waals surface area (Å²) in [6, 6.07) is -0.0526. The van der Waals surface area contributed by atoms with Gasteiger partial charge in [0.1, 0.15) is 15.7 Å². The van der Waals surface area contributed by atoms with Crippen LogP contribution in [0.5, 0.6) is 0 Å². The van der Waals surface area contributed by atoms with Gasteiger partial charge in [0.15, 0.2) is 5.03 Å². The van der Waals surface area contributed by atoms with Crippen molar-refractivity contribution in [1.29, 1.82) is 0 Å². The molecule has 0 aromatic carbocycles. The molecular weight excluding hydrogens is 324 g/mol. The number of imidazole rings is 1. The minimum absolute atomic E-state index is 0.0526. The van der Waals surface area contributed by atoms with E-state index < -0.39 is 18.9 Å². The molecule has 2 rings (SSSR count). The smallest absolute Gasteiger partial charge is 0.280 e. The van der Waals surface area contributed by atoms with Gasteiger partial charge < -0.3 is 4.57 Å². The molecule has 1 heterocycles. The Morgan fingerprint density at radius 1 is 1.30 bits per heavy atom. The molecule has 9 heteroatoms. The summed E-state index contributed by atoms with van der Waals surface area (Å²) >= 11 is 0. The van der Waals surface area contributed by atoms with Crippen LogP contribution < -0.4 is 0 Å². The van der Waals surface area contributed by atoms with E-state index in [-0.39, 0.29) is 16.3 Å². The Bertz CT molecular complexity index is 709. The van der Waals surface area contributed by atoms with E-state index in [9.17, 15) is 16.8 Å². The average molecular weight is 341 g/mol. The maximum Gasteiger partial charge on any atom is 0.280 e. The predicted molar refractivity (Wildman–Crippen MR) is 76.1 cm³/mol. The lowest BCUT2D eigenvalue weighted by atomic mass is 9.95. The average Bonchev–Trinajstić information content (AvgIpc) is 2.70. The summed E-state index contributed by atoms with van der Waals surface area (Å²) in [5.41, 5.74) is 0. The SMILES string of the molecule is Cc1nc(S(=O)(=O)Cl)cn1C1CCCC(S(C)(=O)=O)C1. The quantitative estimate of drug-likeness (QED) is 0.781. The zero-order valence-electron chi connectivity index (χ0n) is 11.3. The van der Waals surface area contributed by atoms with Crippen LogP contribution >= 0.6 is 10.7 Å². The molecule has 1 fully saturated rings. The molecule has 0 radical (unpaired) electrons. The Kier molecular flexibility index (Phi) is 4.19. The van der Waals surface area contributed by atoms with Crippen molar-refractivity contribution in [3.8, 4) is 0 Å². The highest BCUT2D eigenvalue weighted by atomic mass is 35.7. The fourth-order valence-electron chi connectivity index (χ4n) is 2.71. The van der Waals surface area contributed by atoms with Gasteiger partial charge in [0.2, 0.25) is 0 Å². The molecule has 2 atom stereocenters. The Hall–Kier alpha value is -0.600. The van der Waals surface area contributed by atoms with Crippen LogP contribution in [-0.2, 0) is 18.9 Å². The number of sulfone groups is 1. The molecule has 0 amide bonds. The second-order valence-corrected chi connectivity index (χ2v) is 10.1. The van der Waals surface area contributed by atoms with E-state index in [1.165, 1.54) is 12.5 Å². The molecule has 1 aliphatic carbocycles. The molecule has 0 spiro atoms. The van der Waals surface area contributed by atoms with E-state index in [1.54, 1.807) is 11.5 Å². The van der Waals surface area contributed by atoms with Gasteiger partial charge in [-0.15, -0.1) is 0 Å². The van der Waals surface area contributed by atoms with Crippen LogP contribution in [0.1, 0.15) is 37.5 Å².